The molecule has 0 radical (unpaired) electrons. The first-order chi connectivity index (χ1) is 9.36. The Labute approximate surface area is 119 Å². The Balaban J connectivity index is -0.000000239. The molecule has 12 nitrogen and oxygen atoms in total. The summed E-state index contributed by atoms with van der Waals surface area (Å²) in [6.07, 6.45) is 0.241. The normalized spacial score (nSPS) is 12.9. The van der Waals surface area contributed by atoms with Crippen LogP contribution in [-0.4, -0.2) is 72.3 Å². The first-order valence-electron chi connectivity index (χ1n) is 5.33. The maximum Gasteiger partial charge on any atom is 0.466 e. The van der Waals surface area contributed by atoms with Gasteiger partial charge in [0.05, 0.1) is 0 Å². The standard InChI is InChI=1S/2C4H9NO3.H3O4P/c2*5-3(1-2-6)4(7)8;1-5(2,3)4/h2*3,6H,1-2,5H2,(H,7,8);(H3,1,2,3,4). The molecule has 21 heavy (non-hydrogen) atoms. The van der Waals surface area contributed by atoms with E-state index in [1.807, 2.05) is 0 Å². The molecule has 13 heteroatoms. The van der Waals surface area contributed by atoms with Crippen LogP contribution in [0.15, 0.2) is 0 Å². The summed E-state index contributed by atoms with van der Waals surface area (Å²) < 4.78 is 8.88. The van der Waals surface area contributed by atoms with Crippen molar-refractivity contribution in [1.29, 1.82) is 0 Å². The molecule has 0 aliphatic carbocycles. The summed E-state index contributed by atoms with van der Waals surface area (Å²) in [5.74, 6) is -2.14. The summed E-state index contributed by atoms with van der Waals surface area (Å²) in [6, 6.07) is -1.83. The van der Waals surface area contributed by atoms with Gasteiger partial charge in [-0.05, 0) is 12.8 Å². The second-order valence-corrected chi connectivity index (χ2v) is 4.45. The van der Waals surface area contributed by atoms with Gasteiger partial charge in [-0.3, -0.25) is 9.59 Å². The molecule has 0 saturated carbocycles. The van der Waals surface area contributed by atoms with Crippen molar-refractivity contribution in [3.63, 3.8) is 0 Å². The van der Waals surface area contributed by atoms with E-state index in [4.69, 9.17) is 51.1 Å². The number of aliphatic hydroxyl groups is 2. The zero-order chi connectivity index (χ0) is 17.6. The third-order valence-electron chi connectivity index (χ3n) is 1.51. The maximum absolute atomic E-state index is 9.85. The van der Waals surface area contributed by atoms with Gasteiger partial charge in [-0.15, -0.1) is 0 Å². The Bertz CT molecular complexity index is 303. The van der Waals surface area contributed by atoms with Crippen molar-refractivity contribution in [3.05, 3.63) is 0 Å². The van der Waals surface area contributed by atoms with E-state index in [-0.39, 0.29) is 26.1 Å². The van der Waals surface area contributed by atoms with Gasteiger partial charge in [0, 0.05) is 13.2 Å². The Morgan fingerprint density at radius 1 is 0.857 bits per heavy atom. The molecule has 0 amide bonds. The number of hydrogen-bond acceptors (Lipinski definition) is 7. The molecule has 2 atom stereocenters. The molecule has 0 saturated heterocycles. The van der Waals surface area contributed by atoms with E-state index < -0.39 is 31.8 Å². The third-order valence-corrected chi connectivity index (χ3v) is 1.51. The van der Waals surface area contributed by atoms with Gasteiger partial charge in [0.2, 0.25) is 0 Å². The predicted molar refractivity (Wildman–Crippen MR) is 68.9 cm³/mol. The molecule has 0 aliphatic rings. The first-order valence-corrected chi connectivity index (χ1v) is 6.90. The highest BCUT2D eigenvalue weighted by Gasteiger charge is 2.09. The third kappa shape index (κ3) is 32.4. The largest absolute Gasteiger partial charge is 0.480 e. The fourth-order valence-electron chi connectivity index (χ4n) is 0.525. The van der Waals surface area contributed by atoms with Gasteiger partial charge in [0.15, 0.2) is 0 Å². The van der Waals surface area contributed by atoms with Gasteiger partial charge in [-0.25, -0.2) is 4.57 Å². The Kier molecular flexibility index (Phi) is 16.4. The van der Waals surface area contributed by atoms with Crippen LogP contribution in [-0.2, 0) is 14.2 Å². The zero-order valence-corrected chi connectivity index (χ0v) is 11.8. The number of carboxylic acids is 2. The van der Waals surface area contributed by atoms with Crippen LogP contribution in [0, 0.1) is 0 Å². The number of aliphatic hydroxyl groups excluding tert-OH is 2. The lowest BCUT2D eigenvalue weighted by Gasteiger charge is -2.00. The van der Waals surface area contributed by atoms with Gasteiger partial charge in [0.1, 0.15) is 12.1 Å². The van der Waals surface area contributed by atoms with Gasteiger partial charge in [0.25, 0.3) is 0 Å². The second-order valence-electron chi connectivity index (χ2n) is 3.43. The summed E-state index contributed by atoms with van der Waals surface area (Å²) in [5.41, 5.74) is 9.93. The van der Waals surface area contributed by atoms with Crippen LogP contribution in [0.4, 0.5) is 0 Å². The molecule has 0 rings (SSSR count). The van der Waals surface area contributed by atoms with Crippen molar-refractivity contribution in [2.75, 3.05) is 13.2 Å². The van der Waals surface area contributed by atoms with Gasteiger partial charge in [-0.1, -0.05) is 0 Å². The zero-order valence-electron chi connectivity index (χ0n) is 10.9. The minimum absolute atomic E-state index is 0.120. The van der Waals surface area contributed by atoms with Crippen LogP contribution in [0.25, 0.3) is 0 Å². The van der Waals surface area contributed by atoms with Crippen molar-refractivity contribution in [2.45, 2.75) is 24.9 Å². The average molecular weight is 336 g/mol. The first kappa shape index (κ1) is 24.9. The lowest BCUT2D eigenvalue weighted by molar-refractivity contribution is -0.139. The molecule has 0 aromatic rings. The monoisotopic (exact) mass is 336 g/mol. The molecule has 11 N–H and O–H groups in total. The quantitative estimate of drug-likeness (QED) is 0.216. The minimum atomic E-state index is -4.64. The molecule has 0 aromatic carbocycles. The van der Waals surface area contributed by atoms with Crippen molar-refractivity contribution < 1.29 is 49.3 Å². The number of hydrogen-bond donors (Lipinski definition) is 9. The number of phosphoric acid groups is 1. The minimum Gasteiger partial charge on any atom is -0.480 e. The highest BCUT2D eigenvalue weighted by molar-refractivity contribution is 7.45. The maximum atomic E-state index is 9.85. The highest BCUT2D eigenvalue weighted by atomic mass is 31.2. The van der Waals surface area contributed by atoms with E-state index in [2.05, 4.69) is 0 Å². The summed E-state index contributed by atoms with van der Waals surface area (Å²) in [5, 5.41) is 32.4. The molecule has 0 fully saturated rings. The highest BCUT2D eigenvalue weighted by Crippen LogP contribution is 2.25. The Hall–Kier alpha value is -1.11. The summed E-state index contributed by atoms with van der Waals surface area (Å²) in [6.45, 7) is -0.346. The number of carbonyl (C=O) groups is 2. The fraction of sp³-hybridized carbons (Fsp3) is 0.750. The predicted octanol–water partition coefficient (Wildman–Crippen LogP) is -3.37. The number of aliphatic carboxylic acids is 2. The summed E-state index contributed by atoms with van der Waals surface area (Å²) in [7, 11) is -4.64. The smallest absolute Gasteiger partial charge is 0.466 e. The van der Waals surface area contributed by atoms with Crippen molar-refractivity contribution >= 4 is 19.8 Å². The SMILES string of the molecule is NC(CCO)C(=O)O.NC(CCO)C(=O)O.O=P(O)(O)O. The lowest BCUT2D eigenvalue weighted by Crippen LogP contribution is -2.30. The fourth-order valence-corrected chi connectivity index (χ4v) is 0.525. The molecule has 0 heterocycles. The molecule has 2 unspecified atom stereocenters. The van der Waals surface area contributed by atoms with E-state index in [0.717, 1.165) is 0 Å². The van der Waals surface area contributed by atoms with E-state index in [0.29, 0.717) is 0 Å². The van der Waals surface area contributed by atoms with Crippen LogP contribution < -0.4 is 11.5 Å². The van der Waals surface area contributed by atoms with Crippen molar-refractivity contribution in [3.8, 4) is 0 Å². The molecule has 0 aromatic heterocycles. The summed E-state index contributed by atoms with van der Waals surface area (Å²) >= 11 is 0. The van der Waals surface area contributed by atoms with Crippen LogP contribution in [0.3, 0.4) is 0 Å². The van der Waals surface area contributed by atoms with E-state index in [1.165, 1.54) is 0 Å². The molecular weight excluding hydrogens is 315 g/mol. The topological polar surface area (TPSA) is 245 Å². The Morgan fingerprint density at radius 3 is 1.10 bits per heavy atom. The van der Waals surface area contributed by atoms with Crippen LogP contribution >= 0.6 is 7.82 Å². The molecule has 0 aliphatic heterocycles. The van der Waals surface area contributed by atoms with E-state index in [9.17, 15) is 9.59 Å². The van der Waals surface area contributed by atoms with Gasteiger partial charge in [-0.2, -0.15) is 0 Å². The van der Waals surface area contributed by atoms with Crippen molar-refractivity contribution in [1.82, 2.24) is 0 Å². The van der Waals surface area contributed by atoms with Crippen molar-refractivity contribution in [2.24, 2.45) is 11.5 Å². The average Bonchev–Trinajstić information content (AvgIpc) is 2.28. The second kappa shape index (κ2) is 13.9. The molecule has 0 spiro atoms. The molecular formula is C8H21N2O10P. The van der Waals surface area contributed by atoms with Gasteiger partial charge < -0.3 is 46.6 Å². The van der Waals surface area contributed by atoms with Gasteiger partial charge >= 0.3 is 19.8 Å². The molecule has 128 valence electrons. The number of rotatable bonds is 6. The van der Waals surface area contributed by atoms with E-state index in [1.54, 1.807) is 0 Å². The lowest BCUT2D eigenvalue weighted by atomic mass is 10.2. The molecule has 0 bridgehead atoms. The van der Waals surface area contributed by atoms with Crippen LogP contribution in [0.1, 0.15) is 12.8 Å². The van der Waals surface area contributed by atoms with E-state index >= 15 is 0 Å². The number of nitrogens with two attached hydrogens (primary N) is 2. The number of carboxylic acid groups (broad SMARTS) is 2. The van der Waals surface area contributed by atoms with Crippen LogP contribution in [0.2, 0.25) is 0 Å². The summed E-state index contributed by atoms with van der Waals surface area (Å²) in [4.78, 5) is 41.3. The Morgan fingerprint density at radius 2 is 1.05 bits per heavy atom. The van der Waals surface area contributed by atoms with Crippen LogP contribution in [0.5, 0.6) is 0 Å².